The Morgan fingerprint density at radius 1 is 0.818 bits per heavy atom. The van der Waals surface area contributed by atoms with Crippen molar-refractivity contribution in [2.75, 3.05) is 0 Å². The Labute approximate surface area is 99.3 Å². The number of allylic oxidation sites excluding steroid dienone is 2. The van der Waals surface area contributed by atoms with Crippen LogP contribution in [0.3, 0.4) is 0 Å². The van der Waals surface area contributed by atoms with E-state index in [0.29, 0.717) is 0 Å². The van der Waals surface area contributed by atoms with Gasteiger partial charge in [0.1, 0.15) is 0 Å². The third kappa shape index (κ3) is 1130. The van der Waals surface area contributed by atoms with E-state index in [1.807, 2.05) is 27.7 Å². The normalized spacial score (nSPS) is 4.73. The van der Waals surface area contributed by atoms with Gasteiger partial charge in [0.25, 0.3) is 0 Å². The van der Waals surface area contributed by atoms with Gasteiger partial charge in [-0.05, 0) is 0 Å². The Balaban J connectivity index is -0.0000000171. The van der Waals surface area contributed by atoms with Gasteiger partial charge in [-0.2, -0.15) is 0 Å². The first-order valence-corrected chi connectivity index (χ1v) is 2.58. The van der Waals surface area contributed by atoms with Crippen molar-refractivity contribution in [3.05, 3.63) is 24.3 Å². The summed E-state index contributed by atoms with van der Waals surface area (Å²) in [6.45, 7) is 17.5. The summed E-state index contributed by atoms with van der Waals surface area (Å²) in [5, 5.41) is 0. The Kier molecular flexibility index (Phi) is 60.6. The maximum atomic E-state index is 5.03. The van der Waals surface area contributed by atoms with Crippen LogP contribution in [-0.4, -0.2) is 0 Å². The van der Waals surface area contributed by atoms with Crippen molar-refractivity contribution in [1.82, 2.24) is 0 Å². The molecular weight excluding hydrogens is 255 g/mol. The summed E-state index contributed by atoms with van der Waals surface area (Å²) in [5.74, 6) is 0. The zero-order chi connectivity index (χ0) is 7.15. The van der Waals surface area contributed by atoms with Crippen molar-refractivity contribution in [3.8, 4) is 0 Å². The van der Waals surface area contributed by atoms with Crippen LogP contribution in [0.15, 0.2) is 11.1 Å². The van der Waals surface area contributed by atoms with Crippen LogP contribution in [0.25, 0.3) is 0 Å². The fourth-order valence-electron chi connectivity index (χ4n) is 0. The first-order valence-electron chi connectivity index (χ1n) is 2.58. The Hall–Kier alpha value is 0.869. The van der Waals surface area contributed by atoms with Crippen molar-refractivity contribution in [3.63, 3.8) is 0 Å². The van der Waals surface area contributed by atoms with Crippen LogP contribution in [0.5, 0.6) is 0 Å². The third-order valence-electron chi connectivity index (χ3n) is 0. The number of hydrogen-bond acceptors (Lipinski definition) is 1. The average molecular weight is 270 g/mol. The van der Waals surface area contributed by atoms with Gasteiger partial charge in [0.15, 0.2) is 0 Å². The van der Waals surface area contributed by atoms with E-state index >= 15 is 0 Å². The second kappa shape index (κ2) is 22.4. The van der Waals surface area contributed by atoms with Gasteiger partial charge in [0.2, 0.25) is 0 Å². The molecule has 0 aromatic heterocycles. The minimum atomic E-state index is 0. The predicted octanol–water partition coefficient (Wildman–Crippen LogP) is 2.50. The van der Waals surface area contributed by atoms with Crippen molar-refractivity contribution < 1.29 is 34.1 Å². The molecule has 0 aromatic rings. The summed E-state index contributed by atoms with van der Waals surface area (Å²) in [7, 11) is 0. The largest absolute Gasteiger partial charge is 2.00 e. The molecule has 11 heavy (non-hydrogen) atoms. The molecule has 0 aromatic carbocycles. The SMILES string of the molecule is [CH-]=C(C)C.[CH-]=C(C)C.[Cu+2].[Cu+].[SH-]. The molecule has 0 bridgehead atoms. The van der Waals surface area contributed by atoms with Gasteiger partial charge in [-0.1, -0.05) is 27.7 Å². The van der Waals surface area contributed by atoms with Crippen molar-refractivity contribution >= 4 is 13.5 Å². The summed E-state index contributed by atoms with van der Waals surface area (Å²) < 4.78 is 0. The molecule has 0 amide bonds. The second-order valence-electron chi connectivity index (χ2n) is 2.15. The topological polar surface area (TPSA) is 0 Å². The smallest absolute Gasteiger partial charge is 0.813 e. The van der Waals surface area contributed by atoms with E-state index in [9.17, 15) is 0 Å². The molecule has 75 valence electrons. The third-order valence-corrected chi connectivity index (χ3v) is 0. The van der Waals surface area contributed by atoms with Gasteiger partial charge in [-0.25, -0.2) is 0 Å². The molecule has 0 aliphatic carbocycles. The summed E-state index contributed by atoms with van der Waals surface area (Å²) >= 11 is 0. The summed E-state index contributed by atoms with van der Waals surface area (Å²) in [5.41, 5.74) is 1.83. The monoisotopic (exact) mass is 269 g/mol. The van der Waals surface area contributed by atoms with E-state index in [2.05, 4.69) is 0 Å². The van der Waals surface area contributed by atoms with Crippen molar-refractivity contribution in [1.29, 1.82) is 0 Å². The van der Waals surface area contributed by atoms with Crippen LogP contribution in [0, 0.1) is 13.2 Å². The van der Waals surface area contributed by atoms with Gasteiger partial charge in [-0.3, -0.25) is 11.1 Å². The Morgan fingerprint density at radius 2 is 0.818 bits per heavy atom. The van der Waals surface area contributed by atoms with Gasteiger partial charge < -0.3 is 26.7 Å². The molecule has 0 heterocycles. The maximum absolute atomic E-state index is 5.03. The average Bonchev–Trinajstić information content (AvgIpc) is 1.25. The number of hydrogen-bond donors (Lipinski definition) is 0. The number of rotatable bonds is 0. The van der Waals surface area contributed by atoms with Crippen LogP contribution in [0.4, 0.5) is 0 Å². The molecule has 0 spiro atoms. The van der Waals surface area contributed by atoms with E-state index in [0.717, 1.165) is 11.1 Å². The van der Waals surface area contributed by atoms with Crippen LogP contribution >= 0.6 is 0 Å². The molecule has 0 aliphatic heterocycles. The molecular formula is C8H15Cu2S. The predicted molar refractivity (Wildman–Crippen MR) is 47.1 cm³/mol. The second-order valence-corrected chi connectivity index (χ2v) is 2.15. The van der Waals surface area contributed by atoms with E-state index < -0.39 is 0 Å². The molecule has 0 fully saturated rings. The standard InChI is InChI=1S/2C4H7.2Cu.H2S/c2*1-4(2)3;;;/h2*1H,2-3H3;;;1H2/q2*-1;+1;+2;/p-1. The maximum Gasteiger partial charge on any atom is 2.00 e. The molecule has 0 aliphatic rings. The van der Waals surface area contributed by atoms with Crippen LogP contribution < -0.4 is 0 Å². The van der Waals surface area contributed by atoms with Crippen LogP contribution in [0.1, 0.15) is 27.7 Å². The first kappa shape index (κ1) is 29.7. The summed E-state index contributed by atoms with van der Waals surface area (Å²) in [6, 6.07) is 0. The molecule has 0 saturated carbocycles. The van der Waals surface area contributed by atoms with Gasteiger partial charge in [0.05, 0.1) is 0 Å². The van der Waals surface area contributed by atoms with Crippen LogP contribution in [-0.2, 0) is 47.6 Å². The molecule has 0 saturated heterocycles. The van der Waals surface area contributed by atoms with Gasteiger partial charge in [0, 0.05) is 0 Å². The number of thiol groups is 1. The first-order chi connectivity index (χ1) is 3.46. The van der Waals surface area contributed by atoms with E-state index in [1.54, 1.807) is 0 Å². The molecule has 3 heteroatoms. The molecule has 0 atom stereocenters. The molecule has 0 N–H and O–H groups in total. The fourth-order valence-corrected chi connectivity index (χ4v) is 0. The Bertz CT molecular complexity index is 70.1. The molecule has 0 unspecified atom stereocenters. The van der Waals surface area contributed by atoms with E-state index in [4.69, 9.17) is 13.2 Å². The zero-order valence-electron chi connectivity index (χ0n) is 7.20. The molecule has 0 rings (SSSR count). The Morgan fingerprint density at radius 3 is 0.818 bits per heavy atom. The quantitative estimate of drug-likeness (QED) is 0.282. The minimum Gasteiger partial charge on any atom is -0.813 e. The van der Waals surface area contributed by atoms with E-state index in [1.165, 1.54) is 0 Å². The minimum absolute atomic E-state index is 0. The van der Waals surface area contributed by atoms with Gasteiger partial charge in [-0.15, -0.1) is 0 Å². The van der Waals surface area contributed by atoms with Crippen molar-refractivity contribution in [2.24, 2.45) is 0 Å². The molecule has 0 nitrogen and oxygen atoms in total. The summed E-state index contributed by atoms with van der Waals surface area (Å²) in [6.07, 6.45) is 0. The molecule has 1 radical (unpaired) electrons. The van der Waals surface area contributed by atoms with E-state index in [-0.39, 0.29) is 47.6 Å². The van der Waals surface area contributed by atoms with Gasteiger partial charge >= 0.3 is 34.1 Å². The van der Waals surface area contributed by atoms with Crippen molar-refractivity contribution in [2.45, 2.75) is 27.7 Å². The summed E-state index contributed by atoms with van der Waals surface area (Å²) in [4.78, 5) is 0. The zero-order valence-corrected chi connectivity index (χ0v) is 9.98. The van der Waals surface area contributed by atoms with Crippen LogP contribution in [0.2, 0.25) is 0 Å². The fraction of sp³-hybridized carbons (Fsp3) is 0.500.